The highest BCUT2D eigenvalue weighted by Gasteiger charge is 2.04. The van der Waals surface area contributed by atoms with Crippen LogP contribution in [0.4, 0.5) is 0 Å². The van der Waals surface area contributed by atoms with E-state index in [4.69, 9.17) is 5.11 Å². The van der Waals surface area contributed by atoms with Crippen molar-refractivity contribution in [3.63, 3.8) is 0 Å². The maximum atomic E-state index is 8.81. The van der Waals surface area contributed by atoms with Gasteiger partial charge >= 0.3 is 0 Å². The highest BCUT2D eigenvalue weighted by molar-refractivity contribution is 4.96. The van der Waals surface area contributed by atoms with Gasteiger partial charge in [-0.15, -0.1) is 0 Å². The molecule has 0 aliphatic rings. The Kier molecular flexibility index (Phi) is 5.25. The second kappa shape index (κ2) is 6.56. The number of hydrogen-bond acceptors (Lipinski definition) is 3. The van der Waals surface area contributed by atoms with Crippen molar-refractivity contribution in [3.8, 4) is 0 Å². The second-order valence-electron chi connectivity index (χ2n) is 3.50. The zero-order valence-corrected chi connectivity index (χ0v) is 8.66. The molecule has 0 saturated carbocycles. The first-order valence-corrected chi connectivity index (χ1v) is 5.16. The molecule has 4 nitrogen and oxygen atoms in total. The lowest BCUT2D eigenvalue weighted by Gasteiger charge is -2.13. The zero-order chi connectivity index (χ0) is 10.2. The first-order chi connectivity index (χ1) is 6.86. The lowest BCUT2D eigenvalue weighted by Crippen LogP contribution is -2.23. The molecule has 0 radical (unpaired) electrons. The predicted octanol–water partition coefficient (Wildman–Crippen LogP) is 0.908. The molecule has 80 valence electrons. The number of aromatic nitrogens is 2. The predicted molar refractivity (Wildman–Crippen MR) is 55.8 cm³/mol. The van der Waals surface area contributed by atoms with Gasteiger partial charge in [-0.2, -0.15) is 5.10 Å². The summed E-state index contributed by atoms with van der Waals surface area (Å²) in [5.74, 6) is 0.572. The van der Waals surface area contributed by atoms with Gasteiger partial charge in [-0.25, -0.2) is 0 Å². The fourth-order valence-electron chi connectivity index (χ4n) is 1.43. The Labute approximate surface area is 84.7 Å². The van der Waals surface area contributed by atoms with Gasteiger partial charge in [0.2, 0.25) is 0 Å². The third-order valence-corrected chi connectivity index (χ3v) is 2.42. The molecule has 0 aliphatic heterocycles. The van der Waals surface area contributed by atoms with Gasteiger partial charge in [0, 0.05) is 25.0 Å². The maximum Gasteiger partial charge on any atom is 0.0490 e. The highest BCUT2D eigenvalue weighted by atomic mass is 16.3. The summed E-state index contributed by atoms with van der Waals surface area (Å²) in [4.78, 5) is 0. The lowest BCUT2D eigenvalue weighted by molar-refractivity contribution is 0.251. The summed E-state index contributed by atoms with van der Waals surface area (Å²) in [7, 11) is 0. The molecular weight excluding hydrogens is 178 g/mol. The number of hydrogen-bond donors (Lipinski definition) is 3. The molecule has 1 heterocycles. The summed E-state index contributed by atoms with van der Waals surface area (Å²) in [6.07, 6.45) is 3.74. The quantitative estimate of drug-likeness (QED) is 0.609. The Bertz CT molecular complexity index is 223. The second-order valence-corrected chi connectivity index (χ2v) is 3.50. The van der Waals surface area contributed by atoms with Crippen molar-refractivity contribution < 1.29 is 5.11 Å². The summed E-state index contributed by atoms with van der Waals surface area (Å²) < 4.78 is 0. The normalized spacial score (nSPS) is 13.0. The van der Waals surface area contributed by atoms with E-state index in [2.05, 4.69) is 22.4 Å². The molecule has 4 heteroatoms. The number of rotatable bonds is 7. The number of aliphatic hydroxyl groups excluding tert-OH is 1. The molecule has 0 aromatic carbocycles. The van der Waals surface area contributed by atoms with E-state index in [0.29, 0.717) is 5.92 Å². The summed E-state index contributed by atoms with van der Waals surface area (Å²) >= 11 is 0. The van der Waals surface area contributed by atoms with E-state index in [9.17, 15) is 0 Å². The van der Waals surface area contributed by atoms with Gasteiger partial charge in [-0.05, 0) is 24.9 Å². The molecule has 0 bridgehead atoms. The van der Waals surface area contributed by atoms with Gasteiger partial charge in [0.05, 0.1) is 0 Å². The van der Waals surface area contributed by atoms with Crippen molar-refractivity contribution in [1.82, 2.24) is 15.5 Å². The van der Waals surface area contributed by atoms with Crippen LogP contribution in [0.2, 0.25) is 0 Å². The molecule has 1 aromatic heterocycles. The minimum atomic E-state index is 0.282. The molecule has 14 heavy (non-hydrogen) atoms. The topological polar surface area (TPSA) is 60.9 Å². The minimum absolute atomic E-state index is 0.282. The third-order valence-electron chi connectivity index (χ3n) is 2.42. The molecule has 0 spiro atoms. The van der Waals surface area contributed by atoms with Gasteiger partial charge in [-0.3, -0.25) is 5.10 Å². The number of H-pyrrole nitrogens is 1. The first kappa shape index (κ1) is 11.2. The summed E-state index contributed by atoms with van der Waals surface area (Å²) in [5.41, 5.74) is 1.10. The molecule has 0 aliphatic carbocycles. The monoisotopic (exact) mass is 197 g/mol. The van der Waals surface area contributed by atoms with Crippen molar-refractivity contribution in [1.29, 1.82) is 0 Å². The average Bonchev–Trinajstić information content (AvgIpc) is 2.69. The molecule has 1 unspecified atom stereocenters. The van der Waals surface area contributed by atoms with E-state index in [1.54, 1.807) is 6.20 Å². The summed E-state index contributed by atoms with van der Waals surface area (Å²) in [6.45, 7) is 4.21. The fraction of sp³-hybridized carbons (Fsp3) is 0.700. The molecule has 0 amide bonds. The van der Waals surface area contributed by atoms with Crippen molar-refractivity contribution in [2.45, 2.75) is 26.3 Å². The lowest BCUT2D eigenvalue weighted by atomic mass is 10.0. The van der Waals surface area contributed by atoms with Gasteiger partial charge < -0.3 is 10.4 Å². The van der Waals surface area contributed by atoms with Crippen LogP contribution >= 0.6 is 0 Å². The Morgan fingerprint density at radius 2 is 2.50 bits per heavy atom. The maximum absolute atomic E-state index is 8.81. The standard InChI is InChI=1S/C10H19N3O/c1-2-9(4-6-14)7-11-8-10-3-5-12-13-10/h3,5,9,11,14H,2,4,6-8H2,1H3,(H,12,13). The molecule has 1 aromatic rings. The van der Waals surface area contributed by atoms with Crippen LogP contribution in [0.1, 0.15) is 25.5 Å². The Morgan fingerprint density at radius 3 is 3.07 bits per heavy atom. The number of nitrogens with zero attached hydrogens (tertiary/aromatic N) is 1. The molecule has 1 rings (SSSR count). The van der Waals surface area contributed by atoms with Crippen LogP contribution in [0.3, 0.4) is 0 Å². The SMILES string of the molecule is CCC(CCO)CNCc1ccn[nH]1. The summed E-state index contributed by atoms with van der Waals surface area (Å²) in [5, 5.41) is 18.9. The Morgan fingerprint density at radius 1 is 1.64 bits per heavy atom. The van der Waals surface area contributed by atoms with E-state index < -0.39 is 0 Å². The van der Waals surface area contributed by atoms with E-state index in [1.807, 2.05) is 6.07 Å². The van der Waals surface area contributed by atoms with E-state index >= 15 is 0 Å². The van der Waals surface area contributed by atoms with E-state index in [-0.39, 0.29) is 6.61 Å². The Hall–Kier alpha value is -0.870. The van der Waals surface area contributed by atoms with Gasteiger partial charge in [0.25, 0.3) is 0 Å². The smallest absolute Gasteiger partial charge is 0.0490 e. The van der Waals surface area contributed by atoms with Crippen LogP contribution < -0.4 is 5.32 Å². The van der Waals surface area contributed by atoms with Crippen LogP contribution in [0.15, 0.2) is 12.3 Å². The first-order valence-electron chi connectivity index (χ1n) is 5.16. The van der Waals surface area contributed by atoms with Crippen LogP contribution in [-0.4, -0.2) is 28.5 Å². The van der Waals surface area contributed by atoms with Crippen molar-refractivity contribution >= 4 is 0 Å². The van der Waals surface area contributed by atoms with E-state index in [1.165, 1.54) is 0 Å². The highest BCUT2D eigenvalue weighted by Crippen LogP contribution is 2.05. The molecule has 0 saturated heterocycles. The zero-order valence-electron chi connectivity index (χ0n) is 8.66. The molecular formula is C10H19N3O. The molecule has 1 atom stereocenters. The van der Waals surface area contributed by atoms with E-state index in [0.717, 1.165) is 31.6 Å². The van der Waals surface area contributed by atoms with Crippen molar-refractivity contribution in [3.05, 3.63) is 18.0 Å². The fourth-order valence-corrected chi connectivity index (χ4v) is 1.43. The van der Waals surface area contributed by atoms with Gasteiger partial charge in [0.1, 0.15) is 0 Å². The van der Waals surface area contributed by atoms with Crippen LogP contribution in [0.25, 0.3) is 0 Å². The number of aromatic amines is 1. The number of nitrogens with one attached hydrogen (secondary N) is 2. The third kappa shape index (κ3) is 3.89. The van der Waals surface area contributed by atoms with Crippen LogP contribution in [-0.2, 0) is 6.54 Å². The Balaban J connectivity index is 2.13. The molecule has 3 N–H and O–H groups in total. The van der Waals surface area contributed by atoms with Crippen LogP contribution in [0, 0.1) is 5.92 Å². The average molecular weight is 197 g/mol. The van der Waals surface area contributed by atoms with Gasteiger partial charge in [0.15, 0.2) is 0 Å². The van der Waals surface area contributed by atoms with Crippen LogP contribution in [0.5, 0.6) is 0 Å². The van der Waals surface area contributed by atoms with Crippen molar-refractivity contribution in [2.75, 3.05) is 13.2 Å². The number of aliphatic hydroxyl groups is 1. The largest absolute Gasteiger partial charge is 0.396 e. The van der Waals surface area contributed by atoms with Crippen molar-refractivity contribution in [2.24, 2.45) is 5.92 Å². The summed E-state index contributed by atoms with van der Waals surface area (Å²) in [6, 6.07) is 1.96. The van der Waals surface area contributed by atoms with Gasteiger partial charge in [-0.1, -0.05) is 13.3 Å². The molecule has 0 fully saturated rings. The minimum Gasteiger partial charge on any atom is -0.396 e.